The zero-order chi connectivity index (χ0) is 17.9. The Kier molecular flexibility index (Phi) is 4.61. The maximum absolute atomic E-state index is 12.8. The minimum absolute atomic E-state index is 0.0311. The molecule has 2 heterocycles. The number of nitrogens with zero attached hydrogens (tertiary/aromatic N) is 2. The van der Waals surface area contributed by atoms with E-state index < -0.39 is 0 Å². The van der Waals surface area contributed by atoms with Crippen LogP contribution in [-0.4, -0.2) is 54.4 Å². The van der Waals surface area contributed by atoms with Gasteiger partial charge < -0.3 is 14.5 Å². The van der Waals surface area contributed by atoms with Gasteiger partial charge in [0.05, 0.1) is 6.61 Å². The Balaban J connectivity index is 1.40. The number of hydrogen-bond acceptors (Lipinski definition) is 3. The first-order valence-electron chi connectivity index (χ1n) is 9.12. The number of carbonyl (C=O) groups is 2. The van der Waals surface area contributed by atoms with Gasteiger partial charge in [0.25, 0.3) is 11.8 Å². The number of rotatable bonds is 2. The van der Waals surface area contributed by atoms with E-state index in [0.29, 0.717) is 37.3 Å². The topological polar surface area (TPSA) is 49.9 Å². The summed E-state index contributed by atoms with van der Waals surface area (Å²) in [5.74, 6) is 0.958. The van der Waals surface area contributed by atoms with Gasteiger partial charge in [0.2, 0.25) is 0 Å². The van der Waals surface area contributed by atoms with Crippen molar-refractivity contribution >= 4 is 11.8 Å². The average molecular weight is 350 g/mol. The molecule has 2 aromatic rings. The number of amides is 2. The smallest absolute Gasteiger partial charge is 0.253 e. The van der Waals surface area contributed by atoms with Crippen LogP contribution in [0.5, 0.6) is 5.75 Å². The van der Waals surface area contributed by atoms with Crippen molar-refractivity contribution in [3.8, 4) is 5.75 Å². The van der Waals surface area contributed by atoms with E-state index >= 15 is 0 Å². The molecule has 2 amide bonds. The Morgan fingerprint density at radius 2 is 1.46 bits per heavy atom. The van der Waals surface area contributed by atoms with Gasteiger partial charge in [0.1, 0.15) is 5.75 Å². The Morgan fingerprint density at radius 1 is 0.808 bits per heavy atom. The van der Waals surface area contributed by atoms with E-state index in [9.17, 15) is 9.59 Å². The van der Waals surface area contributed by atoms with Crippen molar-refractivity contribution < 1.29 is 14.3 Å². The van der Waals surface area contributed by atoms with Gasteiger partial charge >= 0.3 is 0 Å². The minimum Gasteiger partial charge on any atom is -0.493 e. The van der Waals surface area contributed by atoms with Crippen molar-refractivity contribution in [2.24, 2.45) is 0 Å². The molecule has 0 aliphatic carbocycles. The van der Waals surface area contributed by atoms with Crippen LogP contribution in [0, 0.1) is 0 Å². The zero-order valence-corrected chi connectivity index (χ0v) is 14.7. The molecule has 0 unspecified atom stereocenters. The lowest BCUT2D eigenvalue weighted by Gasteiger charge is -2.35. The maximum atomic E-state index is 12.8. The van der Waals surface area contributed by atoms with Gasteiger partial charge in [-0.1, -0.05) is 18.2 Å². The van der Waals surface area contributed by atoms with Crippen molar-refractivity contribution in [2.45, 2.75) is 12.8 Å². The van der Waals surface area contributed by atoms with Crippen LogP contribution >= 0.6 is 0 Å². The van der Waals surface area contributed by atoms with Crippen molar-refractivity contribution in [2.75, 3.05) is 32.8 Å². The van der Waals surface area contributed by atoms with E-state index in [-0.39, 0.29) is 11.8 Å². The molecule has 134 valence electrons. The highest BCUT2D eigenvalue weighted by Gasteiger charge is 2.26. The summed E-state index contributed by atoms with van der Waals surface area (Å²) in [7, 11) is 0. The molecule has 0 bridgehead atoms. The van der Waals surface area contributed by atoms with E-state index in [1.807, 2.05) is 58.3 Å². The predicted molar refractivity (Wildman–Crippen MR) is 98.5 cm³/mol. The van der Waals surface area contributed by atoms with Gasteiger partial charge in [-0.2, -0.15) is 0 Å². The molecule has 1 fully saturated rings. The lowest BCUT2D eigenvalue weighted by molar-refractivity contribution is 0.0535. The van der Waals surface area contributed by atoms with Crippen LogP contribution in [0.3, 0.4) is 0 Å². The first-order chi connectivity index (χ1) is 12.7. The number of ether oxygens (including phenoxy) is 1. The van der Waals surface area contributed by atoms with E-state index in [0.717, 1.165) is 30.8 Å². The number of hydrogen-bond donors (Lipinski definition) is 0. The highest BCUT2D eigenvalue weighted by atomic mass is 16.5. The Morgan fingerprint density at radius 3 is 2.15 bits per heavy atom. The second-order valence-corrected chi connectivity index (χ2v) is 6.72. The van der Waals surface area contributed by atoms with Gasteiger partial charge in [0, 0.05) is 37.3 Å². The molecular weight excluding hydrogens is 328 g/mol. The van der Waals surface area contributed by atoms with Gasteiger partial charge in [-0.05, 0) is 48.7 Å². The second-order valence-electron chi connectivity index (χ2n) is 6.72. The molecule has 2 aromatic carbocycles. The summed E-state index contributed by atoms with van der Waals surface area (Å²) >= 11 is 0. The minimum atomic E-state index is 0.0311. The Hall–Kier alpha value is -2.82. The maximum Gasteiger partial charge on any atom is 0.253 e. The summed E-state index contributed by atoms with van der Waals surface area (Å²) in [5, 5.41) is 0. The number of fused-ring (bicyclic) bond motifs is 1. The largest absolute Gasteiger partial charge is 0.493 e. The lowest BCUT2D eigenvalue weighted by atomic mass is 10.0. The van der Waals surface area contributed by atoms with Crippen LogP contribution in [0.25, 0.3) is 0 Å². The molecule has 2 aliphatic rings. The van der Waals surface area contributed by atoms with Gasteiger partial charge in [-0.25, -0.2) is 0 Å². The van der Waals surface area contributed by atoms with E-state index in [1.54, 1.807) is 0 Å². The molecule has 0 aromatic heterocycles. The molecule has 1 saturated heterocycles. The molecule has 0 saturated carbocycles. The fraction of sp³-hybridized carbons (Fsp3) is 0.333. The fourth-order valence-corrected chi connectivity index (χ4v) is 3.55. The monoisotopic (exact) mass is 350 g/mol. The van der Waals surface area contributed by atoms with Gasteiger partial charge in [0.15, 0.2) is 0 Å². The molecule has 0 spiro atoms. The normalized spacial score (nSPS) is 16.6. The van der Waals surface area contributed by atoms with Crippen molar-refractivity contribution in [3.63, 3.8) is 0 Å². The molecule has 5 nitrogen and oxygen atoms in total. The zero-order valence-electron chi connectivity index (χ0n) is 14.7. The highest BCUT2D eigenvalue weighted by molar-refractivity contribution is 5.96. The summed E-state index contributed by atoms with van der Waals surface area (Å²) in [5.41, 5.74) is 2.51. The van der Waals surface area contributed by atoms with Crippen LogP contribution in [0.2, 0.25) is 0 Å². The van der Waals surface area contributed by atoms with Crippen molar-refractivity contribution in [1.82, 2.24) is 9.80 Å². The van der Waals surface area contributed by atoms with Crippen LogP contribution in [0.15, 0.2) is 48.5 Å². The van der Waals surface area contributed by atoms with Crippen LogP contribution in [0.1, 0.15) is 32.7 Å². The van der Waals surface area contributed by atoms with Crippen molar-refractivity contribution in [3.05, 3.63) is 65.2 Å². The second kappa shape index (κ2) is 7.20. The third-order valence-electron chi connectivity index (χ3n) is 5.03. The standard InChI is InChI=1S/C21H22N2O3/c24-20(16-5-2-1-3-6-16)22-10-12-23(13-11-22)21(25)18-8-9-19-17(15-18)7-4-14-26-19/h1-3,5-6,8-9,15H,4,7,10-14H2. The van der Waals surface area contributed by atoms with Crippen LogP contribution in [0.4, 0.5) is 0 Å². The molecule has 26 heavy (non-hydrogen) atoms. The molecule has 5 heteroatoms. The third kappa shape index (κ3) is 3.29. The van der Waals surface area contributed by atoms with Gasteiger partial charge in [-0.3, -0.25) is 9.59 Å². The number of aryl methyl sites for hydroxylation is 1. The summed E-state index contributed by atoms with van der Waals surface area (Å²) < 4.78 is 5.62. The summed E-state index contributed by atoms with van der Waals surface area (Å²) in [6.07, 6.45) is 1.95. The predicted octanol–water partition coefficient (Wildman–Crippen LogP) is 2.61. The van der Waals surface area contributed by atoms with Crippen molar-refractivity contribution in [1.29, 1.82) is 0 Å². The molecule has 0 atom stereocenters. The summed E-state index contributed by atoms with van der Waals surface area (Å²) in [6.45, 7) is 2.99. The molecule has 0 N–H and O–H groups in total. The molecule has 2 aliphatic heterocycles. The SMILES string of the molecule is O=C(c1ccccc1)N1CCN(C(=O)c2ccc3c(c2)CCCO3)CC1. The summed E-state index contributed by atoms with van der Waals surface area (Å²) in [4.78, 5) is 29.0. The van der Waals surface area contributed by atoms with Crippen LogP contribution in [-0.2, 0) is 6.42 Å². The van der Waals surface area contributed by atoms with E-state index in [1.165, 1.54) is 0 Å². The fourth-order valence-electron chi connectivity index (χ4n) is 3.55. The third-order valence-corrected chi connectivity index (χ3v) is 5.03. The van der Waals surface area contributed by atoms with Gasteiger partial charge in [-0.15, -0.1) is 0 Å². The van der Waals surface area contributed by atoms with E-state index in [4.69, 9.17) is 4.74 Å². The number of benzene rings is 2. The highest BCUT2D eigenvalue weighted by Crippen LogP contribution is 2.26. The number of piperazine rings is 1. The molecule has 4 rings (SSSR count). The average Bonchev–Trinajstić information content (AvgIpc) is 2.73. The first-order valence-corrected chi connectivity index (χ1v) is 9.12. The molecular formula is C21H22N2O3. The first kappa shape index (κ1) is 16.6. The Bertz CT molecular complexity index is 811. The van der Waals surface area contributed by atoms with Crippen LogP contribution < -0.4 is 4.74 Å². The Labute approximate surface area is 153 Å². The quantitative estimate of drug-likeness (QED) is 0.837. The summed E-state index contributed by atoms with van der Waals surface area (Å²) in [6, 6.07) is 15.0. The molecule has 0 radical (unpaired) electrons. The van der Waals surface area contributed by atoms with E-state index in [2.05, 4.69) is 0 Å². The number of carbonyl (C=O) groups excluding carboxylic acids is 2. The lowest BCUT2D eigenvalue weighted by Crippen LogP contribution is -2.50.